The molecule has 1 N–H and O–H groups in total. The fourth-order valence-electron chi connectivity index (χ4n) is 5.81. The lowest BCUT2D eigenvalue weighted by atomic mass is 9.97. The van der Waals surface area contributed by atoms with Gasteiger partial charge in [0.2, 0.25) is 0 Å². The summed E-state index contributed by atoms with van der Waals surface area (Å²) in [6, 6.07) is 42.1. The summed E-state index contributed by atoms with van der Waals surface area (Å²) < 4.78 is 0. The molecule has 1 aliphatic rings. The van der Waals surface area contributed by atoms with Crippen LogP contribution in [0.4, 0.5) is 28.4 Å². The Morgan fingerprint density at radius 2 is 1.24 bits per heavy atom. The molecule has 0 spiro atoms. The molecule has 5 heteroatoms. The number of hydrogen-bond acceptors (Lipinski definition) is 4. The van der Waals surface area contributed by atoms with E-state index in [1.54, 1.807) is 6.07 Å². The van der Waals surface area contributed by atoms with Crippen LogP contribution in [0.3, 0.4) is 0 Å². The Labute approximate surface area is 270 Å². The quantitative estimate of drug-likeness (QED) is 0.109. The molecular weight excluding hydrogens is 566 g/mol. The van der Waals surface area contributed by atoms with Gasteiger partial charge >= 0.3 is 5.97 Å². The van der Waals surface area contributed by atoms with Gasteiger partial charge in [-0.1, -0.05) is 77.9 Å². The van der Waals surface area contributed by atoms with E-state index in [9.17, 15) is 9.90 Å². The van der Waals surface area contributed by atoms with E-state index in [1.165, 1.54) is 17.2 Å². The van der Waals surface area contributed by atoms with Crippen LogP contribution in [0.15, 0.2) is 121 Å². The molecule has 0 aromatic heterocycles. The molecule has 0 radical (unpaired) electrons. The van der Waals surface area contributed by atoms with Crippen molar-refractivity contribution in [2.75, 3.05) is 16.3 Å². The van der Waals surface area contributed by atoms with E-state index in [0.29, 0.717) is 0 Å². The number of aryl methyl sites for hydroxylation is 3. The van der Waals surface area contributed by atoms with E-state index >= 15 is 0 Å². The van der Waals surface area contributed by atoms with Gasteiger partial charge in [-0.25, -0.2) is 4.79 Å². The fourth-order valence-corrected chi connectivity index (χ4v) is 5.81. The van der Waals surface area contributed by atoms with Crippen molar-refractivity contribution < 1.29 is 9.90 Å². The van der Waals surface area contributed by atoms with E-state index < -0.39 is 5.97 Å². The summed E-state index contributed by atoms with van der Waals surface area (Å²) in [7, 11) is 0. The third kappa shape index (κ3) is 6.77. The highest BCUT2D eigenvalue weighted by Gasteiger charge is 2.19. The van der Waals surface area contributed by atoms with Crippen LogP contribution in [0.25, 0.3) is 18.2 Å². The number of aliphatic carboxylic acids is 1. The monoisotopic (exact) mass is 601 g/mol. The second kappa shape index (κ2) is 13.4. The molecule has 5 aromatic carbocycles. The van der Waals surface area contributed by atoms with Crippen LogP contribution in [0.2, 0.25) is 0 Å². The Morgan fingerprint density at radius 1 is 0.739 bits per heavy atom. The van der Waals surface area contributed by atoms with Gasteiger partial charge in [0.1, 0.15) is 11.6 Å². The lowest BCUT2D eigenvalue weighted by molar-refractivity contribution is -0.132. The molecule has 46 heavy (non-hydrogen) atoms. The first-order valence-electron chi connectivity index (χ1n) is 15.5. The summed E-state index contributed by atoms with van der Waals surface area (Å²) in [5.74, 6) is -1.21. The molecule has 0 fully saturated rings. The van der Waals surface area contributed by atoms with Crippen LogP contribution in [0, 0.1) is 25.2 Å². The number of benzene rings is 5. The third-order valence-electron chi connectivity index (χ3n) is 8.29. The highest BCUT2D eigenvalue weighted by atomic mass is 16.4. The topological polar surface area (TPSA) is 67.6 Å². The summed E-state index contributed by atoms with van der Waals surface area (Å²) in [4.78, 5) is 15.8. The summed E-state index contributed by atoms with van der Waals surface area (Å²) in [6.07, 6.45) is 7.61. The first-order valence-corrected chi connectivity index (χ1v) is 15.5. The number of carboxylic acids is 1. The molecule has 0 bridgehead atoms. The Bertz CT molecular complexity index is 1900. The number of nitrogens with zero attached hydrogens (tertiary/aromatic N) is 3. The minimum Gasteiger partial charge on any atom is -0.477 e. The van der Waals surface area contributed by atoms with Gasteiger partial charge in [0, 0.05) is 35.0 Å². The van der Waals surface area contributed by atoms with Gasteiger partial charge in [-0.05, 0) is 116 Å². The number of rotatable bonds is 8. The van der Waals surface area contributed by atoms with Crippen molar-refractivity contribution in [1.82, 2.24) is 0 Å². The van der Waals surface area contributed by atoms with Crippen LogP contribution in [0.1, 0.15) is 39.8 Å². The maximum absolute atomic E-state index is 11.3. The summed E-state index contributed by atoms with van der Waals surface area (Å²) in [6.45, 7) is 5.12. The molecule has 1 heterocycles. The maximum Gasteiger partial charge on any atom is 0.346 e. The Balaban J connectivity index is 1.18. The third-order valence-corrected chi connectivity index (χ3v) is 8.29. The summed E-state index contributed by atoms with van der Waals surface area (Å²) in [5, 5.41) is 18.3. The van der Waals surface area contributed by atoms with Crippen molar-refractivity contribution >= 4 is 52.6 Å². The summed E-state index contributed by atoms with van der Waals surface area (Å²) >= 11 is 0. The van der Waals surface area contributed by atoms with Crippen molar-refractivity contribution in [3.05, 3.63) is 154 Å². The zero-order valence-electron chi connectivity index (χ0n) is 26.0. The van der Waals surface area contributed by atoms with Crippen LogP contribution < -0.4 is 9.80 Å². The SMILES string of the molecule is Cc1ccc(N(c2ccc(C)cc2)c2ccc(C=Cc3ccc(N4CCCc5cc(C=C(C#N)C(=O)O)ccc54)cc3)cc2)cc1. The molecule has 0 saturated heterocycles. The highest BCUT2D eigenvalue weighted by molar-refractivity contribution is 5.96. The molecule has 5 nitrogen and oxygen atoms in total. The lowest BCUT2D eigenvalue weighted by Crippen LogP contribution is -2.24. The molecule has 0 unspecified atom stereocenters. The van der Waals surface area contributed by atoms with E-state index in [-0.39, 0.29) is 5.57 Å². The van der Waals surface area contributed by atoms with Crippen molar-refractivity contribution in [3.63, 3.8) is 0 Å². The normalized spacial score (nSPS) is 12.9. The number of fused-ring (bicyclic) bond motifs is 1. The number of carbonyl (C=O) groups is 1. The van der Waals surface area contributed by atoms with Gasteiger partial charge in [-0.2, -0.15) is 5.26 Å². The van der Waals surface area contributed by atoms with Gasteiger partial charge in [-0.15, -0.1) is 0 Å². The fraction of sp³-hybridized carbons (Fsp3) is 0.122. The van der Waals surface area contributed by atoms with E-state index in [0.717, 1.165) is 70.1 Å². The molecule has 0 aliphatic carbocycles. The van der Waals surface area contributed by atoms with Crippen molar-refractivity contribution in [2.45, 2.75) is 26.7 Å². The summed E-state index contributed by atoms with van der Waals surface area (Å²) in [5.41, 5.74) is 11.9. The molecule has 0 atom stereocenters. The minimum absolute atomic E-state index is 0.265. The highest BCUT2D eigenvalue weighted by Crippen LogP contribution is 2.36. The molecule has 6 rings (SSSR count). The molecule has 226 valence electrons. The van der Waals surface area contributed by atoms with Crippen molar-refractivity contribution in [1.29, 1.82) is 5.26 Å². The average molecular weight is 602 g/mol. The van der Waals surface area contributed by atoms with Gasteiger partial charge in [0.25, 0.3) is 0 Å². The molecule has 5 aromatic rings. The zero-order chi connectivity index (χ0) is 32.0. The largest absolute Gasteiger partial charge is 0.477 e. The smallest absolute Gasteiger partial charge is 0.346 e. The number of carboxylic acid groups (broad SMARTS) is 1. The number of hydrogen-bond donors (Lipinski definition) is 1. The van der Waals surface area contributed by atoms with Crippen LogP contribution in [-0.2, 0) is 11.2 Å². The first-order chi connectivity index (χ1) is 22.4. The second-order valence-corrected chi connectivity index (χ2v) is 11.6. The molecule has 0 amide bonds. The Hall–Kier alpha value is -5.86. The Morgan fingerprint density at radius 3 is 1.76 bits per heavy atom. The molecular formula is C41H35N3O2. The number of nitriles is 1. The van der Waals surface area contributed by atoms with Crippen LogP contribution >= 0.6 is 0 Å². The van der Waals surface area contributed by atoms with Gasteiger partial charge in [0.05, 0.1) is 0 Å². The predicted molar refractivity (Wildman–Crippen MR) is 189 cm³/mol. The van der Waals surface area contributed by atoms with E-state index in [1.807, 2.05) is 18.2 Å². The number of anilines is 5. The van der Waals surface area contributed by atoms with Crippen LogP contribution in [0.5, 0.6) is 0 Å². The Kier molecular flexibility index (Phi) is 8.80. The van der Waals surface area contributed by atoms with Crippen molar-refractivity contribution in [2.24, 2.45) is 0 Å². The minimum atomic E-state index is -1.21. The standard InChI is InChI=1S/C41H35N3O2/c1-29-5-16-37(17-6-29)44(38-18-7-30(2)8-19-38)39-22-13-32(14-23-39)10-9-31-11-20-36(21-12-31)43-25-3-4-34-26-33(15-24-40(34)43)27-35(28-42)41(45)46/h5-24,26-27H,3-4,25H2,1-2H3,(H,45,46). The lowest BCUT2D eigenvalue weighted by Gasteiger charge is -2.31. The average Bonchev–Trinajstić information content (AvgIpc) is 3.08. The van der Waals surface area contributed by atoms with E-state index in [4.69, 9.17) is 5.26 Å². The molecule has 0 saturated carbocycles. The maximum atomic E-state index is 11.3. The van der Waals surface area contributed by atoms with Gasteiger partial charge in [0.15, 0.2) is 0 Å². The van der Waals surface area contributed by atoms with Gasteiger partial charge < -0.3 is 14.9 Å². The second-order valence-electron chi connectivity index (χ2n) is 11.6. The predicted octanol–water partition coefficient (Wildman–Crippen LogP) is 10.0. The van der Waals surface area contributed by atoms with Crippen molar-refractivity contribution in [3.8, 4) is 6.07 Å². The molecule has 1 aliphatic heterocycles. The van der Waals surface area contributed by atoms with E-state index in [2.05, 4.69) is 133 Å². The zero-order valence-corrected chi connectivity index (χ0v) is 26.0. The van der Waals surface area contributed by atoms with Crippen LogP contribution in [-0.4, -0.2) is 17.6 Å². The van der Waals surface area contributed by atoms with Gasteiger partial charge in [-0.3, -0.25) is 0 Å². The first kappa shape index (κ1) is 30.2.